The molecule has 3 N–H and O–H groups in total. The van der Waals surface area contributed by atoms with E-state index in [1.165, 1.54) is 7.11 Å². The molecule has 0 heterocycles. The number of hydrogen-bond acceptors (Lipinski definition) is 6. The van der Waals surface area contributed by atoms with E-state index in [1.807, 2.05) is 0 Å². The van der Waals surface area contributed by atoms with Crippen LogP contribution >= 0.6 is 0 Å². The van der Waals surface area contributed by atoms with Crippen LogP contribution in [0.15, 0.2) is 24.3 Å². The number of esters is 1. The van der Waals surface area contributed by atoms with Crippen molar-refractivity contribution in [2.75, 3.05) is 20.3 Å². The van der Waals surface area contributed by atoms with Crippen LogP contribution in [0, 0.1) is 0 Å². The minimum Gasteiger partial charge on any atom is -0.497 e. The lowest BCUT2D eigenvalue weighted by Gasteiger charge is -2.22. The van der Waals surface area contributed by atoms with Crippen molar-refractivity contribution < 1.29 is 28.7 Å². The van der Waals surface area contributed by atoms with Crippen LogP contribution in [0.4, 0.5) is 4.79 Å². The van der Waals surface area contributed by atoms with E-state index in [0.717, 1.165) is 32.1 Å². The quantitative estimate of drug-likeness (QED) is 0.599. The van der Waals surface area contributed by atoms with Crippen molar-refractivity contribution in [2.45, 2.75) is 38.1 Å². The van der Waals surface area contributed by atoms with Crippen molar-refractivity contribution in [3.63, 3.8) is 0 Å². The van der Waals surface area contributed by atoms with E-state index in [1.54, 1.807) is 24.3 Å². The average molecular weight is 391 g/mol. The number of amides is 4. The molecular formula is C19H25N3O6. The molecule has 0 unspecified atom stereocenters. The summed E-state index contributed by atoms with van der Waals surface area (Å²) in [6.45, 7) is -0.998. The Bertz CT molecular complexity index is 698. The number of carbonyl (C=O) groups is 4. The summed E-state index contributed by atoms with van der Waals surface area (Å²) >= 11 is 0. The maximum Gasteiger partial charge on any atom is 0.325 e. The number of hydrogen-bond donors (Lipinski definition) is 3. The molecule has 0 saturated heterocycles. The summed E-state index contributed by atoms with van der Waals surface area (Å²) in [6, 6.07) is 5.82. The van der Waals surface area contributed by atoms with Gasteiger partial charge >= 0.3 is 12.0 Å². The number of rotatable bonds is 7. The first-order valence-electron chi connectivity index (χ1n) is 9.16. The zero-order valence-electron chi connectivity index (χ0n) is 15.8. The summed E-state index contributed by atoms with van der Waals surface area (Å²) in [6.07, 6.45) is 5.05. The Labute approximate surface area is 163 Å². The summed E-state index contributed by atoms with van der Waals surface area (Å²) in [5.41, 5.74) is 0.353. The number of methoxy groups -OCH3 is 1. The van der Waals surface area contributed by atoms with Gasteiger partial charge in [-0.2, -0.15) is 0 Å². The zero-order chi connectivity index (χ0) is 20.4. The largest absolute Gasteiger partial charge is 0.497 e. The number of nitrogens with one attached hydrogen (secondary N) is 3. The predicted octanol–water partition coefficient (Wildman–Crippen LogP) is 1.13. The summed E-state index contributed by atoms with van der Waals surface area (Å²) in [5, 5.41) is 7.23. The van der Waals surface area contributed by atoms with Crippen LogP contribution in [0.3, 0.4) is 0 Å². The Kier molecular flexibility index (Phi) is 8.26. The molecule has 1 saturated carbocycles. The van der Waals surface area contributed by atoms with Crippen LogP contribution < -0.4 is 20.7 Å². The van der Waals surface area contributed by atoms with Gasteiger partial charge in [-0.1, -0.05) is 19.3 Å². The van der Waals surface area contributed by atoms with Gasteiger partial charge in [0.25, 0.3) is 11.8 Å². The van der Waals surface area contributed by atoms with Crippen molar-refractivity contribution in [1.29, 1.82) is 0 Å². The van der Waals surface area contributed by atoms with Gasteiger partial charge in [0.1, 0.15) is 12.3 Å². The highest BCUT2D eigenvalue weighted by atomic mass is 16.5. The second kappa shape index (κ2) is 10.9. The SMILES string of the molecule is COc1ccc(C(=O)NCC(=O)OCC(=O)NC(=O)NC2CCCCC2)cc1. The molecule has 0 atom stereocenters. The molecule has 152 valence electrons. The van der Waals surface area contributed by atoms with Gasteiger partial charge in [0.2, 0.25) is 0 Å². The normalized spacial score (nSPS) is 13.9. The van der Waals surface area contributed by atoms with Gasteiger partial charge in [-0.3, -0.25) is 19.7 Å². The van der Waals surface area contributed by atoms with E-state index < -0.39 is 37.0 Å². The minimum absolute atomic E-state index is 0.0669. The second-order valence-electron chi connectivity index (χ2n) is 6.43. The van der Waals surface area contributed by atoms with Crippen LogP contribution in [-0.2, 0) is 14.3 Å². The lowest BCUT2D eigenvalue weighted by molar-refractivity contribution is -0.147. The molecule has 1 aromatic carbocycles. The van der Waals surface area contributed by atoms with E-state index in [9.17, 15) is 19.2 Å². The van der Waals surface area contributed by atoms with Crippen molar-refractivity contribution in [2.24, 2.45) is 0 Å². The van der Waals surface area contributed by atoms with Crippen LogP contribution in [0.1, 0.15) is 42.5 Å². The molecule has 1 aliphatic carbocycles. The van der Waals surface area contributed by atoms with Gasteiger partial charge in [-0.25, -0.2) is 4.79 Å². The van der Waals surface area contributed by atoms with Crippen LogP contribution in [-0.4, -0.2) is 50.1 Å². The van der Waals surface area contributed by atoms with Gasteiger partial charge in [0.05, 0.1) is 7.11 Å². The Morgan fingerprint density at radius 2 is 1.71 bits per heavy atom. The highest BCUT2D eigenvalue weighted by Gasteiger charge is 2.17. The van der Waals surface area contributed by atoms with E-state index in [2.05, 4.69) is 16.0 Å². The molecule has 9 nitrogen and oxygen atoms in total. The van der Waals surface area contributed by atoms with Crippen molar-refractivity contribution in [3.8, 4) is 5.75 Å². The second-order valence-corrected chi connectivity index (χ2v) is 6.43. The third-order valence-electron chi connectivity index (χ3n) is 4.30. The topological polar surface area (TPSA) is 123 Å². The first-order valence-corrected chi connectivity index (χ1v) is 9.16. The number of imide groups is 1. The fourth-order valence-electron chi connectivity index (χ4n) is 2.83. The maximum absolute atomic E-state index is 11.9. The summed E-state index contributed by atoms with van der Waals surface area (Å²) in [7, 11) is 1.51. The number of ether oxygens (including phenoxy) is 2. The van der Waals surface area contributed by atoms with E-state index in [0.29, 0.717) is 11.3 Å². The van der Waals surface area contributed by atoms with E-state index in [-0.39, 0.29) is 6.04 Å². The monoisotopic (exact) mass is 391 g/mol. The van der Waals surface area contributed by atoms with Gasteiger partial charge in [-0.15, -0.1) is 0 Å². The lowest BCUT2D eigenvalue weighted by atomic mass is 9.96. The van der Waals surface area contributed by atoms with Gasteiger partial charge in [0, 0.05) is 11.6 Å². The molecule has 1 aromatic rings. The molecule has 0 radical (unpaired) electrons. The molecule has 0 aromatic heterocycles. The maximum atomic E-state index is 11.9. The molecule has 4 amide bonds. The standard InChI is InChI=1S/C19H25N3O6/c1-27-15-9-7-13(8-10-15)18(25)20-11-17(24)28-12-16(23)22-19(26)21-14-5-3-2-4-6-14/h7-10,14H,2-6,11-12H2,1H3,(H,20,25)(H2,21,22,23,26). The average Bonchev–Trinajstić information content (AvgIpc) is 2.71. The predicted molar refractivity (Wildman–Crippen MR) is 99.8 cm³/mol. The van der Waals surface area contributed by atoms with Gasteiger partial charge in [-0.05, 0) is 37.1 Å². The molecule has 0 spiro atoms. The number of carbonyl (C=O) groups excluding carboxylic acids is 4. The van der Waals surface area contributed by atoms with E-state index in [4.69, 9.17) is 9.47 Å². The molecule has 2 rings (SSSR count). The van der Waals surface area contributed by atoms with Crippen LogP contribution in [0.5, 0.6) is 5.75 Å². The Balaban J connectivity index is 1.63. The number of benzene rings is 1. The lowest BCUT2D eigenvalue weighted by Crippen LogP contribution is -2.46. The molecule has 1 aliphatic rings. The van der Waals surface area contributed by atoms with Crippen LogP contribution in [0.25, 0.3) is 0 Å². The van der Waals surface area contributed by atoms with Crippen molar-refractivity contribution in [3.05, 3.63) is 29.8 Å². The highest BCUT2D eigenvalue weighted by Crippen LogP contribution is 2.17. The number of urea groups is 1. The Morgan fingerprint density at radius 3 is 2.36 bits per heavy atom. The molecule has 9 heteroatoms. The smallest absolute Gasteiger partial charge is 0.325 e. The van der Waals surface area contributed by atoms with Crippen molar-refractivity contribution in [1.82, 2.24) is 16.0 Å². The molecule has 0 aliphatic heterocycles. The first-order chi connectivity index (χ1) is 13.5. The first kappa shape index (κ1) is 21.2. The zero-order valence-corrected chi connectivity index (χ0v) is 15.8. The molecule has 1 fully saturated rings. The molecule has 28 heavy (non-hydrogen) atoms. The fourth-order valence-corrected chi connectivity index (χ4v) is 2.83. The summed E-state index contributed by atoms with van der Waals surface area (Å²) in [4.78, 5) is 47.0. The summed E-state index contributed by atoms with van der Waals surface area (Å²) in [5.74, 6) is -1.38. The fraction of sp³-hybridized carbons (Fsp3) is 0.474. The van der Waals surface area contributed by atoms with Gasteiger partial charge < -0.3 is 20.1 Å². The Morgan fingerprint density at radius 1 is 1.04 bits per heavy atom. The van der Waals surface area contributed by atoms with Crippen LogP contribution in [0.2, 0.25) is 0 Å². The van der Waals surface area contributed by atoms with E-state index >= 15 is 0 Å². The van der Waals surface area contributed by atoms with Crippen molar-refractivity contribution >= 4 is 23.8 Å². The minimum atomic E-state index is -0.787. The summed E-state index contributed by atoms with van der Waals surface area (Å²) < 4.78 is 9.75. The Hall–Kier alpha value is -3.10. The third kappa shape index (κ3) is 7.26. The molecular weight excluding hydrogens is 366 g/mol. The van der Waals surface area contributed by atoms with Gasteiger partial charge in [0.15, 0.2) is 6.61 Å². The third-order valence-corrected chi connectivity index (χ3v) is 4.30. The molecule has 0 bridgehead atoms. The highest BCUT2D eigenvalue weighted by molar-refractivity contribution is 5.97.